The Labute approximate surface area is 154 Å². The monoisotopic (exact) mass is 350 g/mol. The lowest BCUT2D eigenvalue weighted by molar-refractivity contribution is 0.315. The van der Waals surface area contributed by atoms with Crippen LogP contribution in [0.15, 0.2) is 11.0 Å². The van der Waals surface area contributed by atoms with Gasteiger partial charge < -0.3 is 14.2 Å². The van der Waals surface area contributed by atoms with Crippen LogP contribution in [0.25, 0.3) is 16.7 Å². The van der Waals surface area contributed by atoms with Crippen molar-refractivity contribution < 1.29 is 4.42 Å². The van der Waals surface area contributed by atoms with Gasteiger partial charge in [-0.05, 0) is 58.3 Å². The van der Waals surface area contributed by atoms with E-state index in [1.807, 2.05) is 13.8 Å². The van der Waals surface area contributed by atoms with Crippen molar-refractivity contribution in [2.75, 3.05) is 32.1 Å². The maximum Gasteiger partial charge on any atom is 0.198 e. The van der Waals surface area contributed by atoms with Gasteiger partial charge in [0, 0.05) is 30.6 Å². The Morgan fingerprint density at radius 3 is 2.62 bits per heavy atom. The second-order valence-corrected chi connectivity index (χ2v) is 7.97. The summed E-state index contributed by atoms with van der Waals surface area (Å²) in [5.74, 6) is 1.21. The smallest absolute Gasteiger partial charge is 0.198 e. The molecule has 1 aliphatic heterocycles. The fourth-order valence-corrected chi connectivity index (χ4v) is 4.09. The number of likely N-dealkylation sites (N-methyl/N-ethyl adjacent to an activating group) is 1. The summed E-state index contributed by atoms with van der Waals surface area (Å²) in [6.45, 7) is 10.1. The predicted octanol–water partition coefficient (Wildman–Crippen LogP) is 4.06. The highest BCUT2D eigenvalue weighted by molar-refractivity contribution is 5.99. The number of anilines is 1. The molecule has 2 fully saturated rings. The Balaban J connectivity index is 1.96. The van der Waals surface area contributed by atoms with Gasteiger partial charge in [0.05, 0.1) is 11.3 Å². The van der Waals surface area contributed by atoms with Gasteiger partial charge in [0.2, 0.25) is 0 Å². The third kappa shape index (κ3) is 2.60. The minimum absolute atomic E-state index is 0.420. The fourth-order valence-electron chi connectivity index (χ4n) is 4.09. The first-order valence-electron chi connectivity index (χ1n) is 9.36. The normalized spacial score (nSPS) is 20.2. The Morgan fingerprint density at radius 2 is 2.08 bits per heavy atom. The highest BCUT2D eigenvalue weighted by atomic mass is 16.4. The highest BCUT2D eigenvalue weighted by Crippen LogP contribution is 2.45. The van der Waals surface area contributed by atoms with E-state index in [0.29, 0.717) is 17.5 Å². The van der Waals surface area contributed by atoms with Crippen molar-refractivity contribution in [3.05, 3.63) is 29.2 Å². The van der Waals surface area contributed by atoms with Crippen LogP contribution in [-0.2, 0) is 0 Å². The number of aromatic nitrogens is 1. The van der Waals surface area contributed by atoms with Gasteiger partial charge in [0.25, 0.3) is 0 Å². The zero-order valence-corrected chi connectivity index (χ0v) is 16.1. The molecule has 1 aliphatic carbocycles. The molecule has 5 heteroatoms. The van der Waals surface area contributed by atoms with E-state index in [1.165, 1.54) is 0 Å². The van der Waals surface area contributed by atoms with Crippen molar-refractivity contribution in [2.45, 2.75) is 45.1 Å². The fraction of sp³-hybridized carbons (Fsp3) is 0.524. The van der Waals surface area contributed by atoms with E-state index in [9.17, 15) is 5.26 Å². The number of nitriles is 1. The van der Waals surface area contributed by atoms with Crippen molar-refractivity contribution in [1.29, 1.82) is 5.26 Å². The Morgan fingerprint density at radius 1 is 1.35 bits per heavy atom. The van der Waals surface area contributed by atoms with Crippen LogP contribution in [0.4, 0.5) is 5.69 Å². The van der Waals surface area contributed by atoms with Gasteiger partial charge in [0.15, 0.2) is 11.5 Å². The molecular weight excluding hydrogens is 324 g/mol. The number of rotatable bonds is 4. The van der Waals surface area contributed by atoms with Crippen molar-refractivity contribution in [2.24, 2.45) is 0 Å². The Kier molecular flexibility index (Phi) is 4.04. The zero-order valence-electron chi connectivity index (χ0n) is 16.1. The maximum absolute atomic E-state index is 9.78. The minimum atomic E-state index is 0.420. The van der Waals surface area contributed by atoms with E-state index >= 15 is 0 Å². The maximum atomic E-state index is 9.78. The van der Waals surface area contributed by atoms with Gasteiger partial charge in [0.1, 0.15) is 11.6 Å². The summed E-state index contributed by atoms with van der Waals surface area (Å²) < 4.78 is 6.26. The van der Waals surface area contributed by atoms with E-state index in [4.69, 9.17) is 9.40 Å². The molecule has 2 aromatic rings. The molecule has 1 aromatic carbocycles. The van der Waals surface area contributed by atoms with E-state index in [2.05, 4.69) is 36.5 Å². The topological polar surface area (TPSA) is 56.3 Å². The second-order valence-electron chi connectivity index (χ2n) is 7.97. The van der Waals surface area contributed by atoms with Crippen molar-refractivity contribution in [3.63, 3.8) is 0 Å². The SMILES string of the molecule is C=C(C)c1c(C)c(C#N)c2nc(C3CC3)oc2c1N1CCC(N(C)C)C1. The van der Waals surface area contributed by atoms with Gasteiger partial charge >= 0.3 is 0 Å². The van der Waals surface area contributed by atoms with E-state index in [-0.39, 0.29) is 0 Å². The highest BCUT2D eigenvalue weighted by Gasteiger charge is 2.34. The average Bonchev–Trinajstić information content (AvgIpc) is 3.16. The van der Waals surface area contributed by atoms with Gasteiger partial charge in [-0.3, -0.25) is 0 Å². The number of oxazole rings is 1. The summed E-state index contributed by atoms with van der Waals surface area (Å²) in [5.41, 5.74) is 6.17. The third-order valence-electron chi connectivity index (χ3n) is 5.76. The standard InChI is InChI=1S/C21H26N4O/c1-12(2)17-13(3)16(10-22)18-20(26-21(23-18)14-6-7-14)19(17)25-9-8-15(11-25)24(4)5/h14-15H,1,6-9,11H2,2-5H3. The van der Waals surface area contributed by atoms with Crippen LogP contribution in [0.1, 0.15) is 54.7 Å². The molecule has 0 radical (unpaired) electrons. The molecular formula is C21H26N4O. The molecule has 1 aromatic heterocycles. The quantitative estimate of drug-likeness (QED) is 0.832. The number of hydrogen-bond acceptors (Lipinski definition) is 5. The van der Waals surface area contributed by atoms with Gasteiger partial charge in [-0.15, -0.1) is 0 Å². The molecule has 0 N–H and O–H groups in total. The van der Waals surface area contributed by atoms with E-state index < -0.39 is 0 Å². The molecule has 4 rings (SSSR count). The third-order valence-corrected chi connectivity index (χ3v) is 5.76. The summed E-state index contributed by atoms with van der Waals surface area (Å²) in [6.07, 6.45) is 3.37. The van der Waals surface area contributed by atoms with Crippen LogP contribution in [0, 0.1) is 18.3 Å². The molecule has 0 spiro atoms. The zero-order chi connectivity index (χ0) is 18.6. The van der Waals surface area contributed by atoms with E-state index in [0.717, 1.165) is 71.7 Å². The number of hydrogen-bond donors (Lipinski definition) is 0. The van der Waals surface area contributed by atoms with Crippen LogP contribution in [-0.4, -0.2) is 43.1 Å². The van der Waals surface area contributed by atoms with Crippen LogP contribution in [0.2, 0.25) is 0 Å². The minimum Gasteiger partial charge on any atom is -0.438 e. The molecule has 2 aliphatic rings. The first kappa shape index (κ1) is 17.1. The Bertz CT molecular complexity index is 930. The number of fused-ring (bicyclic) bond motifs is 1. The van der Waals surface area contributed by atoms with Gasteiger partial charge in [-0.1, -0.05) is 6.58 Å². The molecule has 1 unspecified atom stereocenters. The molecule has 1 atom stereocenters. The molecule has 0 bridgehead atoms. The number of nitrogens with zero attached hydrogens (tertiary/aromatic N) is 4. The van der Waals surface area contributed by atoms with Crippen molar-refractivity contribution in [1.82, 2.24) is 9.88 Å². The summed E-state index contributed by atoms with van der Waals surface area (Å²) in [6, 6.07) is 2.88. The van der Waals surface area contributed by atoms with Crippen LogP contribution in [0.3, 0.4) is 0 Å². The summed E-state index contributed by atoms with van der Waals surface area (Å²) in [4.78, 5) is 9.41. The number of allylic oxidation sites excluding steroid dienone is 1. The lowest BCUT2D eigenvalue weighted by Crippen LogP contribution is -2.31. The lowest BCUT2D eigenvalue weighted by Gasteiger charge is -2.25. The van der Waals surface area contributed by atoms with Crippen molar-refractivity contribution >= 4 is 22.4 Å². The van der Waals surface area contributed by atoms with Crippen molar-refractivity contribution in [3.8, 4) is 6.07 Å². The average molecular weight is 350 g/mol. The van der Waals surface area contributed by atoms with Crippen LogP contribution < -0.4 is 4.90 Å². The van der Waals surface area contributed by atoms with Crippen LogP contribution in [0.5, 0.6) is 0 Å². The van der Waals surface area contributed by atoms with E-state index in [1.54, 1.807) is 0 Å². The first-order chi connectivity index (χ1) is 12.4. The summed E-state index contributed by atoms with van der Waals surface area (Å²) in [5, 5.41) is 9.78. The predicted molar refractivity (Wildman–Crippen MR) is 104 cm³/mol. The summed E-state index contributed by atoms with van der Waals surface area (Å²) >= 11 is 0. The van der Waals surface area contributed by atoms with Gasteiger partial charge in [-0.2, -0.15) is 5.26 Å². The molecule has 136 valence electrons. The largest absolute Gasteiger partial charge is 0.438 e. The lowest BCUT2D eigenvalue weighted by atomic mass is 9.94. The molecule has 1 saturated carbocycles. The van der Waals surface area contributed by atoms with Crippen LogP contribution >= 0.6 is 0 Å². The molecule has 1 saturated heterocycles. The molecule has 0 amide bonds. The summed E-state index contributed by atoms with van der Waals surface area (Å²) in [7, 11) is 4.26. The first-order valence-corrected chi connectivity index (χ1v) is 9.36. The second kappa shape index (κ2) is 6.14. The molecule has 2 heterocycles. The number of benzene rings is 1. The molecule has 26 heavy (non-hydrogen) atoms. The Hall–Kier alpha value is -2.32. The molecule has 5 nitrogen and oxygen atoms in total. The van der Waals surface area contributed by atoms with Gasteiger partial charge in [-0.25, -0.2) is 4.98 Å².